The van der Waals surface area contributed by atoms with Crippen LogP contribution in [0.4, 0.5) is 0 Å². The molecule has 1 N–H and O–H groups in total. The van der Waals surface area contributed by atoms with Gasteiger partial charge in [-0.2, -0.15) is 0 Å². The number of aromatic nitrogens is 3. The molecule has 3 rings (SSSR count). The standard InChI is InChI=1S/C21H24N4O5S/c1-5-8-25-20(15-7-6-9-30-15)23-24-21(25)31-13-18(26)22-12-14-10-16(27-2)19(29-4)17(11-14)28-3/h5-7,9-11H,1,8,12-13H2,2-4H3,(H,22,26). The molecule has 0 aliphatic carbocycles. The summed E-state index contributed by atoms with van der Waals surface area (Å²) in [5.74, 6) is 2.79. The third-order valence-electron chi connectivity index (χ3n) is 4.32. The van der Waals surface area contributed by atoms with Gasteiger partial charge in [-0.1, -0.05) is 17.8 Å². The topological polar surface area (TPSA) is 101 Å². The van der Waals surface area contributed by atoms with Gasteiger partial charge < -0.3 is 23.9 Å². The highest BCUT2D eigenvalue weighted by Crippen LogP contribution is 2.38. The Hall–Kier alpha value is -3.40. The number of benzene rings is 1. The third kappa shape index (κ3) is 5.21. The van der Waals surface area contributed by atoms with Gasteiger partial charge in [0.2, 0.25) is 17.5 Å². The fourth-order valence-electron chi connectivity index (χ4n) is 2.90. The highest BCUT2D eigenvalue weighted by Gasteiger charge is 2.17. The second-order valence-electron chi connectivity index (χ2n) is 6.28. The van der Waals surface area contributed by atoms with Crippen molar-refractivity contribution in [2.75, 3.05) is 27.1 Å². The van der Waals surface area contributed by atoms with Crippen LogP contribution in [0, 0.1) is 0 Å². The average Bonchev–Trinajstić information content (AvgIpc) is 3.45. The number of amides is 1. The predicted molar refractivity (Wildman–Crippen MR) is 117 cm³/mol. The van der Waals surface area contributed by atoms with Crippen LogP contribution in [0.2, 0.25) is 0 Å². The minimum atomic E-state index is -0.147. The number of hydrogen-bond donors (Lipinski definition) is 1. The molecule has 1 aromatic carbocycles. The molecule has 164 valence electrons. The van der Waals surface area contributed by atoms with E-state index < -0.39 is 0 Å². The Bertz CT molecular complexity index is 1010. The molecule has 2 aromatic heterocycles. The Balaban J connectivity index is 1.63. The van der Waals surface area contributed by atoms with Crippen molar-refractivity contribution in [3.05, 3.63) is 48.7 Å². The highest BCUT2D eigenvalue weighted by molar-refractivity contribution is 7.99. The van der Waals surface area contributed by atoms with Gasteiger partial charge in [0.05, 0.1) is 33.3 Å². The van der Waals surface area contributed by atoms with Crippen LogP contribution in [-0.4, -0.2) is 47.8 Å². The lowest BCUT2D eigenvalue weighted by Crippen LogP contribution is -2.24. The molecule has 0 saturated heterocycles. The molecule has 0 radical (unpaired) electrons. The van der Waals surface area contributed by atoms with Crippen LogP contribution in [-0.2, 0) is 17.9 Å². The predicted octanol–water partition coefficient (Wildman–Crippen LogP) is 3.16. The van der Waals surface area contributed by atoms with Crippen molar-refractivity contribution in [3.63, 3.8) is 0 Å². The number of carbonyl (C=O) groups is 1. The van der Waals surface area contributed by atoms with Gasteiger partial charge in [0.25, 0.3) is 0 Å². The van der Waals surface area contributed by atoms with Crippen LogP contribution < -0.4 is 19.5 Å². The van der Waals surface area contributed by atoms with Crippen molar-refractivity contribution in [1.29, 1.82) is 0 Å². The van der Waals surface area contributed by atoms with Crippen molar-refractivity contribution in [3.8, 4) is 28.8 Å². The van der Waals surface area contributed by atoms with Gasteiger partial charge in [-0.05, 0) is 29.8 Å². The van der Waals surface area contributed by atoms with Gasteiger partial charge in [0.1, 0.15) is 0 Å². The lowest BCUT2D eigenvalue weighted by atomic mass is 10.2. The molecular formula is C21H24N4O5S. The molecule has 0 bridgehead atoms. The second-order valence-corrected chi connectivity index (χ2v) is 7.22. The molecule has 10 heteroatoms. The van der Waals surface area contributed by atoms with E-state index in [0.29, 0.717) is 47.1 Å². The summed E-state index contributed by atoms with van der Waals surface area (Å²) in [5, 5.41) is 11.9. The minimum absolute atomic E-state index is 0.147. The largest absolute Gasteiger partial charge is 0.493 e. The fraction of sp³-hybridized carbons (Fsp3) is 0.286. The summed E-state index contributed by atoms with van der Waals surface area (Å²) in [4.78, 5) is 12.4. The molecule has 0 fully saturated rings. The molecule has 0 atom stereocenters. The molecule has 0 unspecified atom stereocenters. The maximum atomic E-state index is 12.4. The summed E-state index contributed by atoms with van der Waals surface area (Å²) in [6.07, 6.45) is 3.32. The minimum Gasteiger partial charge on any atom is -0.493 e. The van der Waals surface area contributed by atoms with E-state index >= 15 is 0 Å². The van der Waals surface area contributed by atoms with E-state index in [1.165, 1.54) is 11.8 Å². The van der Waals surface area contributed by atoms with Gasteiger partial charge in [0.15, 0.2) is 22.4 Å². The molecule has 9 nitrogen and oxygen atoms in total. The van der Waals surface area contributed by atoms with Crippen molar-refractivity contribution in [2.24, 2.45) is 0 Å². The van der Waals surface area contributed by atoms with Gasteiger partial charge in [-0.3, -0.25) is 9.36 Å². The first kappa shape index (κ1) is 22.3. The number of thioether (sulfide) groups is 1. The first-order valence-electron chi connectivity index (χ1n) is 9.37. The number of methoxy groups -OCH3 is 3. The Morgan fingerprint density at radius 3 is 2.55 bits per heavy atom. The van der Waals surface area contributed by atoms with Crippen LogP contribution in [0.1, 0.15) is 5.56 Å². The van der Waals surface area contributed by atoms with Gasteiger partial charge >= 0.3 is 0 Å². The van der Waals surface area contributed by atoms with Crippen LogP contribution in [0.5, 0.6) is 17.2 Å². The molecule has 0 aliphatic rings. The zero-order chi connectivity index (χ0) is 22.2. The molecular weight excluding hydrogens is 420 g/mol. The maximum Gasteiger partial charge on any atom is 0.230 e. The summed E-state index contributed by atoms with van der Waals surface area (Å²) in [7, 11) is 4.64. The first-order valence-corrected chi connectivity index (χ1v) is 10.4. The van der Waals surface area contributed by atoms with Crippen molar-refractivity contribution >= 4 is 17.7 Å². The van der Waals surface area contributed by atoms with Crippen LogP contribution >= 0.6 is 11.8 Å². The number of nitrogens with one attached hydrogen (secondary N) is 1. The van der Waals surface area contributed by atoms with E-state index in [1.807, 2.05) is 10.6 Å². The summed E-state index contributed by atoms with van der Waals surface area (Å²) < 4.78 is 23.3. The summed E-state index contributed by atoms with van der Waals surface area (Å²) in [6, 6.07) is 7.18. The fourth-order valence-corrected chi connectivity index (χ4v) is 3.67. The van der Waals surface area contributed by atoms with E-state index in [4.69, 9.17) is 18.6 Å². The van der Waals surface area contributed by atoms with Crippen LogP contribution in [0.25, 0.3) is 11.6 Å². The number of nitrogens with zero attached hydrogens (tertiary/aromatic N) is 3. The van der Waals surface area contributed by atoms with Crippen molar-refractivity contribution in [2.45, 2.75) is 18.2 Å². The maximum absolute atomic E-state index is 12.4. The van der Waals surface area contributed by atoms with E-state index in [-0.39, 0.29) is 11.7 Å². The quantitative estimate of drug-likeness (QED) is 0.356. The van der Waals surface area contributed by atoms with E-state index in [2.05, 4.69) is 22.1 Å². The smallest absolute Gasteiger partial charge is 0.230 e. The molecule has 0 saturated carbocycles. The Kier molecular flexibility index (Phi) is 7.60. The summed E-state index contributed by atoms with van der Waals surface area (Å²) in [6.45, 7) is 4.58. The molecule has 0 spiro atoms. The zero-order valence-corrected chi connectivity index (χ0v) is 18.4. The lowest BCUT2D eigenvalue weighted by Gasteiger charge is -2.14. The van der Waals surface area contributed by atoms with Crippen molar-refractivity contribution < 1.29 is 23.4 Å². The molecule has 0 aliphatic heterocycles. The Labute approximate surface area is 184 Å². The molecule has 2 heterocycles. The zero-order valence-electron chi connectivity index (χ0n) is 17.6. The Morgan fingerprint density at radius 1 is 1.23 bits per heavy atom. The highest BCUT2D eigenvalue weighted by atomic mass is 32.2. The second kappa shape index (κ2) is 10.6. The molecule has 1 amide bonds. The van der Waals surface area contributed by atoms with Gasteiger partial charge in [-0.15, -0.1) is 16.8 Å². The monoisotopic (exact) mass is 444 g/mol. The average molecular weight is 445 g/mol. The number of ether oxygens (including phenoxy) is 3. The SMILES string of the molecule is C=CCn1c(SCC(=O)NCc2cc(OC)c(OC)c(OC)c2)nnc1-c1ccco1. The third-order valence-corrected chi connectivity index (χ3v) is 5.28. The van der Waals surface area contributed by atoms with E-state index in [1.54, 1.807) is 51.9 Å². The van der Waals surface area contributed by atoms with Crippen LogP contribution in [0.3, 0.4) is 0 Å². The number of furan rings is 1. The lowest BCUT2D eigenvalue weighted by molar-refractivity contribution is -0.118. The number of hydrogen-bond acceptors (Lipinski definition) is 8. The van der Waals surface area contributed by atoms with E-state index in [9.17, 15) is 4.79 Å². The number of allylic oxidation sites excluding steroid dienone is 1. The van der Waals surface area contributed by atoms with Crippen molar-refractivity contribution in [1.82, 2.24) is 20.1 Å². The van der Waals surface area contributed by atoms with Gasteiger partial charge in [-0.25, -0.2) is 0 Å². The van der Waals surface area contributed by atoms with Crippen LogP contribution in [0.15, 0.2) is 52.8 Å². The molecule has 31 heavy (non-hydrogen) atoms. The number of rotatable bonds is 11. The molecule has 3 aromatic rings. The summed E-state index contributed by atoms with van der Waals surface area (Å²) in [5.41, 5.74) is 0.822. The van der Waals surface area contributed by atoms with Gasteiger partial charge in [0, 0.05) is 13.1 Å². The first-order chi connectivity index (χ1) is 15.1. The summed E-state index contributed by atoms with van der Waals surface area (Å²) >= 11 is 1.29. The number of carbonyl (C=O) groups excluding carboxylic acids is 1. The Morgan fingerprint density at radius 2 is 1.97 bits per heavy atom. The normalized spacial score (nSPS) is 10.5. The van der Waals surface area contributed by atoms with E-state index in [0.717, 1.165) is 5.56 Å².